The molecule has 1 saturated carbocycles. The summed E-state index contributed by atoms with van der Waals surface area (Å²) >= 11 is 0. The van der Waals surface area contributed by atoms with E-state index < -0.39 is 0 Å². The lowest BCUT2D eigenvalue weighted by Crippen LogP contribution is -2.30. The number of aryl methyl sites for hydroxylation is 3. The van der Waals surface area contributed by atoms with Gasteiger partial charge in [-0.2, -0.15) is 0 Å². The first kappa shape index (κ1) is 15.6. The molecule has 0 heterocycles. The maximum absolute atomic E-state index is 3.62. The van der Waals surface area contributed by atoms with Crippen LogP contribution in [0.1, 0.15) is 67.3 Å². The van der Waals surface area contributed by atoms with E-state index in [-0.39, 0.29) is 0 Å². The predicted octanol–water partition coefficient (Wildman–Crippen LogP) is 5.09. The second-order valence-electron chi connectivity index (χ2n) is 6.76. The monoisotopic (exact) mass is 273 g/mol. The fraction of sp³-hybridized carbons (Fsp3) is 0.684. The Morgan fingerprint density at radius 2 is 1.80 bits per heavy atom. The normalized spacial score (nSPS) is 24.6. The van der Waals surface area contributed by atoms with Crippen molar-refractivity contribution in [1.82, 2.24) is 5.32 Å². The van der Waals surface area contributed by atoms with Crippen LogP contribution in [0.2, 0.25) is 0 Å². The second kappa shape index (κ2) is 6.76. The molecule has 1 fully saturated rings. The summed E-state index contributed by atoms with van der Waals surface area (Å²) in [5.41, 5.74) is 5.81. The third kappa shape index (κ3) is 3.25. The summed E-state index contributed by atoms with van der Waals surface area (Å²) in [7, 11) is 2.13. The molecule has 0 bridgehead atoms. The first-order valence-electron chi connectivity index (χ1n) is 8.31. The molecule has 1 aliphatic carbocycles. The van der Waals surface area contributed by atoms with Crippen molar-refractivity contribution >= 4 is 0 Å². The number of benzene rings is 1. The SMILES string of the molecule is CCC1CCCC(C(NC)c2cc(C)c(C)cc2C)C1. The molecule has 1 aliphatic rings. The number of rotatable bonds is 4. The summed E-state index contributed by atoms with van der Waals surface area (Å²) in [6.07, 6.45) is 6.97. The molecule has 112 valence electrons. The van der Waals surface area contributed by atoms with E-state index in [0.29, 0.717) is 6.04 Å². The third-order valence-corrected chi connectivity index (χ3v) is 5.40. The average Bonchev–Trinajstić information content (AvgIpc) is 2.45. The zero-order valence-electron chi connectivity index (χ0n) is 13.9. The Hall–Kier alpha value is -0.820. The second-order valence-corrected chi connectivity index (χ2v) is 6.76. The van der Waals surface area contributed by atoms with Crippen LogP contribution >= 0.6 is 0 Å². The van der Waals surface area contributed by atoms with Crippen molar-refractivity contribution in [2.45, 2.75) is 65.8 Å². The van der Waals surface area contributed by atoms with Crippen molar-refractivity contribution in [2.24, 2.45) is 11.8 Å². The van der Waals surface area contributed by atoms with Crippen molar-refractivity contribution in [3.05, 3.63) is 34.4 Å². The third-order valence-electron chi connectivity index (χ3n) is 5.40. The molecule has 1 heteroatoms. The fourth-order valence-electron chi connectivity index (χ4n) is 3.97. The van der Waals surface area contributed by atoms with Gasteiger partial charge >= 0.3 is 0 Å². The predicted molar refractivity (Wildman–Crippen MR) is 88.2 cm³/mol. The lowest BCUT2D eigenvalue weighted by atomic mass is 9.74. The Morgan fingerprint density at radius 1 is 1.10 bits per heavy atom. The van der Waals surface area contributed by atoms with Gasteiger partial charge < -0.3 is 5.32 Å². The van der Waals surface area contributed by atoms with Crippen LogP contribution in [0.3, 0.4) is 0 Å². The molecule has 3 atom stereocenters. The molecule has 1 aromatic carbocycles. The molecule has 0 aliphatic heterocycles. The highest BCUT2D eigenvalue weighted by atomic mass is 14.9. The molecule has 3 unspecified atom stereocenters. The van der Waals surface area contributed by atoms with Crippen molar-refractivity contribution in [1.29, 1.82) is 0 Å². The minimum atomic E-state index is 0.531. The molecule has 0 radical (unpaired) electrons. The van der Waals surface area contributed by atoms with Gasteiger partial charge in [0.2, 0.25) is 0 Å². The fourth-order valence-corrected chi connectivity index (χ4v) is 3.97. The van der Waals surface area contributed by atoms with Crippen LogP contribution in [-0.4, -0.2) is 7.05 Å². The Labute approximate surface area is 125 Å². The molecule has 0 aromatic heterocycles. The van der Waals surface area contributed by atoms with Crippen LogP contribution in [0, 0.1) is 32.6 Å². The number of nitrogens with one attached hydrogen (secondary N) is 1. The molecular formula is C19H31N. The van der Waals surface area contributed by atoms with Gasteiger partial charge in [-0.05, 0) is 74.8 Å². The van der Waals surface area contributed by atoms with E-state index in [1.807, 2.05) is 0 Å². The van der Waals surface area contributed by atoms with E-state index in [2.05, 4.69) is 52.2 Å². The van der Waals surface area contributed by atoms with Gasteiger partial charge in [-0.25, -0.2) is 0 Å². The summed E-state index contributed by atoms with van der Waals surface area (Å²) in [4.78, 5) is 0. The molecule has 1 aromatic rings. The van der Waals surface area contributed by atoms with Crippen LogP contribution in [0.5, 0.6) is 0 Å². The zero-order chi connectivity index (χ0) is 14.7. The topological polar surface area (TPSA) is 12.0 Å². The summed E-state index contributed by atoms with van der Waals surface area (Å²) in [5.74, 6) is 1.75. The molecular weight excluding hydrogens is 242 g/mol. The van der Waals surface area contributed by atoms with E-state index >= 15 is 0 Å². The first-order valence-corrected chi connectivity index (χ1v) is 8.31. The molecule has 0 amide bonds. The van der Waals surface area contributed by atoms with Crippen molar-refractivity contribution in [3.8, 4) is 0 Å². The van der Waals surface area contributed by atoms with E-state index in [0.717, 1.165) is 11.8 Å². The van der Waals surface area contributed by atoms with Gasteiger partial charge in [0.05, 0.1) is 0 Å². The highest BCUT2D eigenvalue weighted by Gasteiger charge is 2.28. The molecule has 0 saturated heterocycles. The summed E-state index contributed by atoms with van der Waals surface area (Å²) < 4.78 is 0. The number of hydrogen-bond acceptors (Lipinski definition) is 1. The first-order chi connectivity index (χ1) is 9.56. The Kier molecular flexibility index (Phi) is 5.26. The minimum Gasteiger partial charge on any atom is -0.313 e. The van der Waals surface area contributed by atoms with Gasteiger partial charge in [-0.1, -0.05) is 38.3 Å². The summed E-state index contributed by atoms with van der Waals surface area (Å²) in [6, 6.07) is 5.31. The highest BCUT2D eigenvalue weighted by molar-refractivity contribution is 5.38. The highest BCUT2D eigenvalue weighted by Crippen LogP contribution is 2.39. The Morgan fingerprint density at radius 3 is 2.45 bits per heavy atom. The molecule has 0 spiro atoms. The van der Waals surface area contributed by atoms with Crippen LogP contribution in [0.25, 0.3) is 0 Å². The Bertz CT molecular complexity index is 449. The van der Waals surface area contributed by atoms with Gasteiger partial charge in [0.25, 0.3) is 0 Å². The van der Waals surface area contributed by atoms with Crippen LogP contribution in [0.4, 0.5) is 0 Å². The standard InChI is InChI=1S/C19H31N/c1-6-16-8-7-9-17(12-16)19(20-5)18-11-14(3)13(2)10-15(18)4/h10-11,16-17,19-20H,6-9,12H2,1-5H3. The molecule has 1 nitrogen and oxygen atoms in total. The van der Waals surface area contributed by atoms with Gasteiger partial charge in [0, 0.05) is 6.04 Å². The lowest BCUT2D eigenvalue weighted by molar-refractivity contribution is 0.214. The van der Waals surface area contributed by atoms with Crippen LogP contribution in [-0.2, 0) is 0 Å². The van der Waals surface area contributed by atoms with Gasteiger partial charge in [0.15, 0.2) is 0 Å². The zero-order valence-corrected chi connectivity index (χ0v) is 13.9. The van der Waals surface area contributed by atoms with Gasteiger partial charge in [0.1, 0.15) is 0 Å². The quantitative estimate of drug-likeness (QED) is 0.806. The van der Waals surface area contributed by atoms with Crippen molar-refractivity contribution < 1.29 is 0 Å². The van der Waals surface area contributed by atoms with Crippen LogP contribution in [0.15, 0.2) is 12.1 Å². The van der Waals surface area contributed by atoms with Gasteiger partial charge in [-0.3, -0.25) is 0 Å². The smallest absolute Gasteiger partial charge is 0.0348 e. The van der Waals surface area contributed by atoms with Crippen molar-refractivity contribution in [2.75, 3.05) is 7.05 Å². The van der Waals surface area contributed by atoms with E-state index in [1.165, 1.54) is 54.4 Å². The maximum atomic E-state index is 3.62. The molecule has 2 rings (SSSR count). The molecule has 20 heavy (non-hydrogen) atoms. The van der Waals surface area contributed by atoms with Gasteiger partial charge in [-0.15, -0.1) is 0 Å². The minimum absolute atomic E-state index is 0.531. The Balaban J connectivity index is 2.25. The molecule has 1 N–H and O–H groups in total. The summed E-state index contributed by atoms with van der Waals surface area (Å²) in [5, 5.41) is 3.62. The largest absolute Gasteiger partial charge is 0.313 e. The maximum Gasteiger partial charge on any atom is 0.0348 e. The van der Waals surface area contributed by atoms with E-state index in [4.69, 9.17) is 0 Å². The number of hydrogen-bond donors (Lipinski definition) is 1. The summed E-state index contributed by atoms with van der Waals surface area (Å²) in [6.45, 7) is 9.07. The average molecular weight is 273 g/mol. The van der Waals surface area contributed by atoms with Crippen molar-refractivity contribution in [3.63, 3.8) is 0 Å². The lowest BCUT2D eigenvalue weighted by Gasteiger charge is -2.35. The van der Waals surface area contributed by atoms with Crippen LogP contribution < -0.4 is 5.32 Å². The van der Waals surface area contributed by atoms with E-state index in [1.54, 1.807) is 0 Å². The van der Waals surface area contributed by atoms with E-state index in [9.17, 15) is 0 Å².